The molecule has 0 saturated carbocycles. The average Bonchev–Trinajstić information content (AvgIpc) is 3.17. The van der Waals surface area contributed by atoms with Crippen molar-refractivity contribution in [3.05, 3.63) is 52.6 Å². The molecule has 4 rings (SSSR count). The van der Waals surface area contributed by atoms with Gasteiger partial charge in [0, 0.05) is 49.9 Å². The van der Waals surface area contributed by atoms with E-state index in [0.29, 0.717) is 28.9 Å². The van der Waals surface area contributed by atoms with Gasteiger partial charge in [0.15, 0.2) is 0 Å². The van der Waals surface area contributed by atoms with Crippen LogP contribution >= 0.6 is 11.6 Å². The molecule has 31 heavy (non-hydrogen) atoms. The Morgan fingerprint density at radius 3 is 2.87 bits per heavy atom. The molecule has 3 heterocycles. The van der Waals surface area contributed by atoms with E-state index in [-0.39, 0.29) is 18.2 Å². The van der Waals surface area contributed by atoms with Crippen LogP contribution in [0.3, 0.4) is 0 Å². The second-order valence-corrected chi connectivity index (χ2v) is 8.46. The fraction of sp³-hybridized carbons (Fsp3) is 0.409. The number of benzene rings is 1. The summed E-state index contributed by atoms with van der Waals surface area (Å²) in [7, 11) is 3.84. The van der Waals surface area contributed by atoms with Crippen LogP contribution in [0.15, 0.2) is 35.1 Å². The molecule has 1 aliphatic rings. The molecule has 0 bridgehead atoms. The first-order valence-electron chi connectivity index (χ1n) is 10.3. The molecule has 1 saturated heterocycles. The summed E-state index contributed by atoms with van der Waals surface area (Å²) in [6.45, 7) is 3.11. The van der Waals surface area contributed by atoms with Crippen LogP contribution < -0.4 is 4.90 Å². The number of aromatic nitrogens is 4. The van der Waals surface area contributed by atoms with Crippen molar-refractivity contribution in [1.82, 2.24) is 25.2 Å². The lowest BCUT2D eigenvalue weighted by atomic mass is 9.89. The first-order chi connectivity index (χ1) is 14.9. The zero-order valence-electron chi connectivity index (χ0n) is 17.9. The Bertz CT molecular complexity index is 1080. The number of carbonyl (C=O) groups is 1. The smallest absolute Gasteiger partial charge is 0.228 e. The second kappa shape index (κ2) is 9.01. The first-order valence-corrected chi connectivity index (χ1v) is 10.7. The number of halogens is 1. The van der Waals surface area contributed by atoms with Crippen molar-refractivity contribution in [1.29, 1.82) is 0 Å². The fourth-order valence-corrected chi connectivity index (χ4v) is 4.07. The summed E-state index contributed by atoms with van der Waals surface area (Å²) in [4.78, 5) is 26.1. The number of rotatable bonds is 5. The number of carbonyl (C=O) groups excluding carboxylic acids is 1. The van der Waals surface area contributed by atoms with Crippen molar-refractivity contribution in [2.75, 3.05) is 32.1 Å². The Morgan fingerprint density at radius 2 is 2.16 bits per heavy atom. The maximum atomic E-state index is 12.9. The van der Waals surface area contributed by atoms with Gasteiger partial charge in [-0.3, -0.25) is 4.79 Å². The van der Waals surface area contributed by atoms with Gasteiger partial charge in [-0.15, -0.1) is 0 Å². The van der Waals surface area contributed by atoms with Crippen molar-refractivity contribution in [2.24, 2.45) is 0 Å². The molecule has 1 fully saturated rings. The van der Waals surface area contributed by atoms with E-state index in [1.165, 1.54) is 0 Å². The number of nitrogens with zero attached hydrogens (tertiary/aromatic N) is 6. The van der Waals surface area contributed by atoms with Gasteiger partial charge in [0.25, 0.3) is 0 Å². The van der Waals surface area contributed by atoms with E-state index in [2.05, 4.69) is 15.3 Å². The van der Waals surface area contributed by atoms with Gasteiger partial charge in [-0.1, -0.05) is 34.0 Å². The van der Waals surface area contributed by atoms with Crippen LogP contribution in [0.1, 0.15) is 35.8 Å². The van der Waals surface area contributed by atoms with Crippen LogP contribution in [0, 0.1) is 6.92 Å². The van der Waals surface area contributed by atoms with Gasteiger partial charge in [-0.05, 0) is 37.5 Å². The normalized spacial score (nSPS) is 16.4. The third-order valence-electron chi connectivity index (χ3n) is 5.57. The van der Waals surface area contributed by atoms with E-state index in [0.717, 1.165) is 36.2 Å². The molecule has 0 unspecified atom stereocenters. The highest BCUT2D eigenvalue weighted by Crippen LogP contribution is 2.34. The van der Waals surface area contributed by atoms with E-state index < -0.39 is 0 Å². The van der Waals surface area contributed by atoms with Gasteiger partial charge in [-0.25, -0.2) is 14.6 Å². The molecular formula is C22H25ClN6O2. The summed E-state index contributed by atoms with van der Waals surface area (Å²) in [5.41, 5.74) is 4.10. The van der Waals surface area contributed by atoms with Crippen molar-refractivity contribution in [2.45, 2.75) is 32.1 Å². The minimum Gasteiger partial charge on any atom is -0.347 e. The molecule has 1 atom stereocenters. The quantitative estimate of drug-likeness (QED) is 0.599. The van der Waals surface area contributed by atoms with Crippen LogP contribution in [0.5, 0.6) is 0 Å². The molecule has 1 aromatic carbocycles. The van der Waals surface area contributed by atoms with Crippen LogP contribution in [-0.2, 0) is 11.2 Å². The lowest BCUT2D eigenvalue weighted by Gasteiger charge is -2.33. The van der Waals surface area contributed by atoms with E-state index in [1.807, 2.05) is 54.4 Å². The van der Waals surface area contributed by atoms with Crippen molar-refractivity contribution >= 4 is 23.5 Å². The van der Waals surface area contributed by atoms with E-state index in [9.17, 15) is 4.79 Å². The molecule has 8 nitrogen and oxygen atoms in total. The lowest BCUT2D eigenvalue weighted by molar-refractivity contribution is -0.131. The third kappa shape index (κ3) is 4.69. The lowest BCUT2D eigenvalue weighted by Crippen LogP contribution is -2.40. The predicted molar refractivity (Wildman–Crippen MR) is 118 cm³/mol. The molecule has 0 radical (unpaired) electrons. The van der Waals surface area contributed by atoms with E-state index >= 15 is 0 Å². The zero-order valence-corrected chi connectivity index (χ0v) is 18.6. The van der Waals surface area contributed by atoms with Crippen LogP contribution in [-0.4, -0.2) is 58.3 Å². The minimum atomic E-state index is 0.0229. The van der Waals surface area contributed by atoms with E-state index in [1.54, 1.807) is 6.92 Å². The predicted octanol–water partition coefficient (Wildman–Crippen LogP) is 3.50. The number of amides is 1. The molecule has 2 aromatic heterocycles. The van der Waals surface area contributed by atoms with Crippen LogP contribution in [0.4, 0.5) is 5.95 Å². The molecule has 162 valence electrons. The standard InChI is InChI=1S/C22H25ClN6O2/c1-14-19(27-31-26-14)11-20(30)29-9-5-7-16(13-29)21-18(12-24-22(25-21)28(2)3)15-6-4-8-17(23)10-15/h4,6,8,10,12,16H,5,7,9,11,13H2,1-3H3/t16-/m0/s1. The van der Waals surface area contributed by atoms with Gasteiger partial charge in [-0.2, -0.15) is 0 Å². The topological polar surface area (TPSA) is 88.2 Å². The number of hydrogen-bond acceptors (Lipinski definition) is 7. The highest BCUT2D eigenvalue weighted by molar-refractivity contribution is 6.30. The van der Waals surface area contributed by atoms with Gasteiger partial charge < -0.3 is 9.80 Å². The number of piperidine rings is 1. The Labute approximate surface area is 186 Å². The zero-order chi connectivity index (χ0) is 22.0. The Morgan fingerprint density at radius 1 is 1.32 bits per heavy atom. The molecular weight excluding hydrogens is 416 g/mol. The van der Waals surface area contributed by atoms with Gasteiger partial charge in [0.05, 0.1) is 12.1 Å². The fourth-order valence-electron chi connectivity index (χ4n) is 3.88. The molecule has 9 heteroatoms. The second-order valence-electron chi connectivity index (χ2n) is 8.03. The monoisotopic (exact) mass is 440 g/mol. The minimum absolute atomic E-state index is 0.0229. The van der Waals surface area contributed by atoms with Gasteiger partial charge >= 0.3 is 0 Å². The number of anilines is 1. The van der Waals surface area contributed by atoms with Crippen LogP contribution in [0.25, 0.3) is 11.1 Å². The summed E-state index contributed by atoms with van der Waals surface area (Å²) in [6.07, 6.45) is 3.90. The molecule has 1 amide bonds. The largest absolute Gasteiger partial charge is 0.347 e. The Kier molecular flexibility index (Phi) is 6.18. The summed E-state index contributed by atoms with van der Waals surface area (Å²) < 4.78 is 4.73. The third-order valence-corrected chi connectivity index (χ3v) is 5.80. The molecule has 1 aliphatic heterocycles. The SMILES string of the molecule is Cc1nonc1CC(=O)N1CCC[C@H](c2nc(N(C)C)ncc2-c2cccc(Cl)c2)C1. The van der Waals surface area contributed by atoms with Crippen molar-refractivity contribution in [3.63, 3.8) is 0 Å². The highest BCUT2D eigenvalue weighted by Gasteiger charge is 2.29. The average molecular weight is 441 g/mol. The van der Waals surface area contributed by atoms with Crippen molar-refractivity contribution < 1.29 is 9.42 Å². The van der Waals surface area contributed by atoms with E-state index in [4.69, 9.17) is 21.2 Å². The van der Waals surface area contributed by atoms with Crippen molar-refractivity contribution in [3.8, 4) is 11.1 Å². The number of likely N-dealkylation sites (tertiary alicyclic amines) is 1. The summed E-state index contributed by atoms with van der Waals surface area (Å²) in [5, 5.41) is 8.28. The molecule has 3 aromatic rings. The summed E-state index contributed by atoms with van der Waals surface area (Å²) >= 11 is 6.24. The summed E-state index contributed by atoms with van der Waals surface area (Å²) in [5.74, 6) is 0.771. The van der Waals surface area contributed by atoms with Gasteiger partial charge in [0.1, 0.15) is 11.4 Å². The molecule has 0 N–H and O–H groups in total. The number of hydrogen-bond donors (Lipinski definition) is 0. The Balaban J connectivity index is 1.63. The maximum absolute atomic E-state index is 12.9. The first kappa shape index (κ1) is 21.2. The number of aryl methyl sites for hydroxylation is 1. The van der Waals surface area contributed by atoms with Crippen LogP contribution in [0.2, 0.25) is 5.02 Å². The molecule has 0 aliphatic carbocycles. The summed E-state index contributed by atoms with van der Waals surface area (Å²) in [6, 6.07) is 7.70. The highest BCUT2D eigenvalue weighted by atomic mass is 35.5. The van der Waals surface area contributed by atoms with Gasteiger partial charge in [0.2, 0.25) is 11.9 Å². The maximum Gasteiger partial charge on any atom is 0.228 e. The Hall–Kier alpha value is -3.00. The molecule has 0 spiro atoms.